The molecule has 6 aromatic rings. The zero-order valence-corrected chi connectivity index (χ0v) is 28.7. The highest BCUT2D eigenvalue weighted by Crippen LogP contribution is 2.52. The zero-order valence-electron chi connectivity index (χ0n) is 27.7. The fourth-order valence-electron chi connectivity index (χ4n) is 7.64. The monoisotopic (exact) mass is 675 g/mol. The number of Topliss-reactive ketones (excluding diaryl/α,β-unsaturated/α-hetero) is 2. The zero-order chi connectivity index (χ0) is 34.6. The summed E-state index contributed by atoms with van der Waals surface area (Å²) in [4.78, 5) is 41.2. The molecule has 1 aliphatic carbocycles. The van der Waals surface area contributed by atoms with E-state index in [9.17, 15) is 19.7 Å². The summed E-state index contributed by atoms with van der Waals surface area (Å²) in [6.45, 7) is 4.02. The molecule has 8 heteroatoms. The van der Waals surface area contributed by atoms with Crippen LogP contribution >= 0.6 is 0 Å². The van der Waals surface area contributed by atoms with E-state index in [1.54, 1.807) is 18.2 Å². The topological polar surface area (TPSA) is 95.7 Å². The molecule has 0 amide bonds. The van der Waals surface area contributed by atoms with Crippen molar-refractivity contribution in [2.75, 3.05) is 0 Å². The van der Waals surface area contributed by atoms with Gasteiger partial charge in [0, 0.05) is 54.5 Å². The highest BCUT2D eigenvalue weighted by Gasteiger charge is 2.51. The van der Waals surface area contributed by atoms with Crippen molar-refractivity contribution >= 4 is 57.7 Å². The number of carbonyl (C=O) groups excluding carboxylic acids is 2. The highest BCUT2D eigenvalue weighted by molar-refractivity contribution is 6.93. The van der Waals surface area contributed by atoms with Gasteiger partial charge in [-0.25, -0.2) is 0 Å². The Morgan fingerprint density at radius 3 is 1.80 bits per heavy atom. The first-order valence-corrected chi connectivity index (χ1v) is 18.8. The van der Waals surface area contributed by atoms with Crippen LogP contribution in [0.25, 0.3) is 32.7 Å². The van der Waals surface area contributed by atoms with Gasteiger partial charge in [0.15, 0.2) is 11.6 Å². The van der Waals surface area contributed by atoms with E-state index in [0.717, 1.165) is 28.6 Å². The predicted octanol–water partition coefficient (Wildman–Crippen LogP) is 8.87. The smallest absolute Gasteiger partial charge is 0.505 e. The van der Waals surface area contributed by atoms with Crippen LogP contribution in [0.4, 0.5) is 5.69 Å². The number of nitro groups is 1. The maximum atomic E-state index is 14.7. The fraction of sp³-hybridized carbons (Fsp3) is 0.143. The quantitative estimate of drug-likeness (QED) is 0.0953. The van der Waals surface area contributed by atoms with Gasteiger partial charge < -0.3 is 8.85 Å². The summed E-state index contributed by atoms with van der Waals surface area (Å²) < 4.78 is 14.5. The Kier molecular flexibility index (Phi) is 7.68. The first-order chi connectivity index (χ1) is 24.4. The molecule has 0 fully saturated rings. The van der Waals surface area contributed by atoms with Crippen LogP contribution in [0.2, 0.25) is 0 Å². The molecule has 7 nitrogen and oxygen atoms in total. The van der Waals surface area contributed by atoms with Gasteiger partial charge in [-0.05, 0) is 36.4 Å². The minimum absolute atomic E-state index is 0.0993. The number of hydrogen-bond donors (Lipinski definition) is 0. The third kappa shape index (κ3) is 4.70. The van der Waals surface area contributed by atoms with Crippen molar-refractivity contribution in [3.63, 3.8) is 0 Å². The van der Waals surface area contributed by atoms with Crippen molar-refractivity contribution in [1.29, 1.82) is 0 Å². The molecule has 0 saturated heterocycles. The molecule has 6 aromatic carbocycles. The lowest BCUT2D eigenvalue weighted by Gasteiger charge is -2.31. The molecule has 0 spiro atoms. The summed E-state index contributed by atoms with van der Waals surface area (Å²) >= 11 is 0. The van der Waals surface area contributed by atoms with Crippen molar-refractivity contribution in [2.24, 2.45) is 0 Å². The van der Waals surface area contributed by atoms with E-state index in [0.29, 0.717) is 68.1 Å². The van der Waals surface area contributed by atoms with Gasteiger partial charge in [-0.1, -0.05) is 118 Å². The van der Waals surface area contributed by atoms with Crippen LogP contribution in [-0.2, 0) is 0 Å². The van der Waals surface area contributed by atoms with Crippen molar-refractivity contribution < 1.29 is 23.4 Å². The lowest BCUT2D eigenvalue weighted by Crippen LogP contribution is -2.68. The lowest BCUT2D eigenvalue weighted by molar-refractivity contribution is -0.383. The molecule has 0 atom stereocenters. The standard InChI is InChI=1S/C42H33NO6Si/c1-3-13-31-32(14-4-2)42(45)39-33(41(31)44)23-21-26-22-24-35-40(37(26)39)38-30-20-12-11-19-29(30)34(43(46)47)25-36(38)49-50(48-35,27-15-7-5-8-16-27)28-17-9-6-10-18-28/h5-12,15-25H,3-4,13-14H2,1-2H3. The van der Waals surface area contributed by atoms with E-state index >= 15 is 0 Å². The number of hydrogen-bond acceptors (Lipinski definition) is 6. The van der Waals surface area contributed by atoms with Crippen molar-refractivity contribution in [3.05, 3.63) is 148 Å². The van der Waals surface area contributed by atoms with Gasteiger partial charge in [0.25, 0.3) is 5.69 Å². The first-order valence-electron chi connectivity index (χ1n) is 17.0. The molecule has 246 valence electrons. The van der Waals surface area contributed by atoms with Crippen LogP contribution in [-0.4, -0.2) is 25.1 Å². The van der Waals surface area contributed by atoms with Crippen LogP contribution in [0.5, 0.6) is 11.5 Å². The predicted molar refractivity (Wildman–Crippen MR) is 198 cm³/mol. The number of ketones is 2. The van der Waals surface area contributed by atoms with Crippen LogP contribution < -0.4 is 19.2 Å². The molecule has 0 saturated carbocycles. The summed E-state index contributed by atoms with van der Waals surface area (Å²) in [5.74, 6) is 0.477. The third-order valence-corrected chi connectivity index (χ3v) is 13.0. The second-order valence-electron chi connectivity index (χ2n) is 12.8. The number of carbonyl (C=O) groups is 2. The van der Waals surface area contributed by atoms with Crippen LogP contribution in [0, 0.1) is 10.1 Å². The Hall–Kier alpha value is -5.86. The van der Waals surface area contributed by atoms with Gasteiger partial charge >= 0.3 is 8.56 Å². The number of rotatable bonds is 7. The van der Waals surface area contributed by atoms with Gasteiger partial charge in [-0.15, -0.1) is 0 Å². The summed E-state index contributed by atoms with van der Waals surface area (Å²) in [6, 6.07) is 35.5. The van der Waals surface area contributed by atoms with Gasteiger partial charge in [0.05, 0.1) is 16.4 Å². The first kappa shape index (κ1) is 31.4. The fourth-order valence-corrected chi connectivity index (χ4v) is 10.7. The molecular weight excluding hydrogens is 643 g/mol. The van der Waals surface area contributed by atoms with E-state index in [1.165, 1.54) is 6.07 Å². The Labute approximate surface area is 290 Å². The summed E-state index contributed by atoms with van der Waals surface area (Å²) in [7, 11) is -3.72. The number of nitro benzene ring substituents is 1. The summed E-state index contributed by atoms with van der Waals surface area (Å²) in [6.07, 6.45) is 2.49. The maximum absolute atomic E-state index is 14.7. The molecule has 8 rings (SSSR count). The van der Waals surface area contributed by atoms with Crippen LogP contribution in [0.1, 0.15) is 60.2 Å². The number of allylic oxidation sites excluding steroid dienone is 2. The van der Waals surface area contributed by atoms with E-state index in [-0.39, 0.29) is 23.0 Å². The molecule has 50 heavy (non-hydrogen) atoms. The normalized spacial score (nSPS) is 14.8. The average molecular weight is 676 g/mol. The van der Waals surface area contributed by atoms with E-state index in [1.807, 2.05) is 105 Å². The van der Waals surface area contributed by atoms with Gasteiger partial charge in [0.2, 0.25) is 0 Å². The Morgan fingerprint density at radius 1 is 0.620 bits per heavy atom. The molecule has 0 aromatic heterocycles. The van der Waals surface area contributed by atoms with Gasteiger partial charge in [-0.3, -0.25) is 19.7 Å². The summed E-state index contributed by atoms with van der Waals surface area (Å²) in [5.41, 5.74) is 2.94. The second-order valence-corrected chi connectivity index (χ2v) is 15.6. The third-order valence-electron chi connectivity index (χ3n) is 9.78. The highest BCUT2D eigenvalue weighted by atomic mass is 28.4. The van der Waals surface area contributed by atoms with Crippen molar-refractivity contribution in [3.8, 4) is 22.6 Å². The largest absolute Gasteiger partial charge is 0.531 e. The Balaban J connectivity index is 1.56. The molecule has 0 N–H and O–H groups in total. The lowest BCUT2D eigenvalue weighted by atomic mass is 9.77. The van der Waals surface area contributed by atoms with Gasteiger partial charge in [-0.2, -0.15) is 0 Å². The van der Waals surface area contributed by atoms with Crippen molar-refractivity contribution in [1.82, 2.24) is 0 Å². The number of benzene rings is 6. The van der Waals surface area contributed by atoms with E-state index in [4.69, 9.17) is 8.85 Å². The minimum Gasteiger partial charge on any atom is -0.505 e. The second kappa shape index (κ2) is 12.2. The van der Waals surface area contributed by atoms with Gasteiger partial charge in [0.1, 0.15) is 11.5 Å². The minimum atomic E-state index is -3.72. The SMILES string of the molecule is CCCC1=C(CCC)C(=O)c2c(ccc3ccc4c(c23)-c2c(cc([N+](=O)[O-])c3ccccc23)O[Si](c2ccccc2)(c2ccccc2)O4)C1=O. The molecule has 0 unspecified atom stereocenters. The summed E-state index contributed by atoms with van der Waals surface area (Å²) in [5, 5.41) is 16.6. The molecule has 1 heterocycles. The average Bonchev–Trinajstić information content (AvgIpc) is 3.30. The molecular formula is C42H33NO6Si. The van der Waals surface area contributed by atoms with Crippen molar-refractivity contribution in [2.45, 2.75) is 39.5 Å². The molecule has 1 aliphatic heterocycles. The molecule has 0 bridgehead atoms. The molecule has 2 aliphatic rings. The molecule has 0 radical (unpaired) electrons. The maximum Gasteiger partial charge on any atom is 0.531 e. The Bertz CT molecular complexity index is 2380. The van der Waals surface area contributed by atoms with E-state index in [2.05, 4.69) is 0 Å². The number of fused-ring (bicyclic) bond motifs is 9. The number of nitrogens with zero attached hydrogens (tertiary/aromatic N) is 1. The van der Waals surface area contributed by atoms with Crippen LogP contribution in [0.15, 0.2) is 126 Å². The van der Waals surface area contributed by atoms with E-state index < -0.39 is 13.5 Å². The van der Waals surface area contributed by atoms with Crippen LogP contribution in [0.3, 0.4) is 0 Å². The number of non-ortho nitro benzene ring substituents is 1. The Morgan fingerprint density at radius 2 is 1.18 bits per heavy atom.